The third-order valence-electron chi connectivity index (χ3n) is 3.95. The fraction of sp³-hybridized carbons (Fsp3) is 0.786. The fourth-order valence-corrected chi connectivity index (χ4v) is 2.60. The Hall–Kier alpha value is -1.47. The molecule has 2 N–H and O–H groups in total. The second kappa shape index (κ2) is 7.51. The molecule has 2 saturated heterocycles. The Bertz CT molecular complexity index is 407. The van der Waals surface area contributed by atoms with Crippen LogP contribution < -0.4 is 10.6 Å². The van der Waals surface area contributed by atoms with Gasteiger partial charge < -0.3 is 15.4 Å². The van der Waals surface area contributed by atoms with Gasteiger partial charge in [0, 0.05) is 19.9 Å². The van der Waals surface area contributed by atoms with E-state index in [1.807, 2.05) is 0 Å². The van der Waals surface area contributed by atoms with Crippen LogP contribution in [-0.2, 0) is 19.1 Å². The van der Waals surface area contributed by atoms with Gasteiger partial charge in [0.15, 0.2) is 0 Å². The number of likely N-dealkylation sites (tertiary alicyclic amines) is 1. The van der Waals surface area contributed by atoms with Gasteiger partial charge in [0.05, 0.1) is 12.7 Å². The third-order valence-corrected chi connectivity index (χ3v) is 3.95. The molecule has 7 heteroatoms. The van der Waals surface area contributed by atoms with E-state index in [2.05, 4.69) is 10.6 Å². The minimum atomic E-state index is -0.584. The molecule has 7 nitrogen and oxygen atoms in total. The van der Waals surface area contributed by atoms with Crippen LogP contribution in [-0.4, -0.2) is 61.5 Å². The number of nitrogens with one attached hydrogen (secondary N) is 2. The van der Waals surface area contributed by atoms with Crippen molar-refractivity contribution in [3.8, 4) is 0 Å². The topological polar surface area (TPSA) is 87.7 Å². The first kappa shape index (κ1) is 15.9. The molecule has 1 unspecified atom stereocenters. The lowest BCUT2D eigenvalue weighted by Crippen LogP contribution is -2.53. The summed E-state index contributed by atoms with van der Waals surface area (Å²) >= 11 is 0. The number of nitrogens with zero attached hydrogens (tertiary/aromatic N) is 1. The summed E-state index contributed by atoms with van der Waals surface area (Å²) in [7, 11) is 1.45. The van der Waals surface area contributed by atoms with E-state index in [0.29, 0.717) is 19.4 Å². The van der Waals surface area contributed by atoms with Gasteiger partial charge in [0.1, 0.15) is 6.04 Å². The Kier molecular flexibility index (Phi) is 5.69. The van der Waals surface area contributed by atoms with E-state index in [9.17, 15) is 14.4 Å². The monoisotopic (exact) mass is 297 g/mol. The summed E-state index contributed by atoms with van der Waals surface area (Å²) in [6, 6.07) is -0.584. The number of piperidine rings is 2. The molecule has 2 aliphatic rings. The largest absolute Gasteiger partial charge is 0.378 e. The van der Waals surface area contributed by atoms with E-state index in [0.717, 1.165) is 30.8 Å². The Labute approximate surface area is 124 Å². The highest BCUT2D eigenvalue weighted by atomic mass is 16.5. The highest BCUT2D eigenvalue weighted by molar-refractivity contribution is 6.01. The van der Waals surface area contributed by atoms with Gasteiger partial charge in [-0.25, -0.2) is 0 Å². The molecule has 2 fully saturated rings. The van der Waals surface area contributed by atoms with Crippen molar-refractivity contribution in [2.24, 2.45) is 0 Å². The summed E-state index contributed by atoms with van der Waals surface area (Å²) in [5.74, 6) is -0.733. The number of rotatable bonds is 5. The second-order valence-corrected chi connectivity index (χ2v) is 5.52. The van der Waals surface area contributed by atoms with Crippen LogP contribution in [0.25, 0.3) is 0 Å². The number of carbonyl (C=O) groups is 3. The third kappa shape index (κ3) is 4.50. The standard InChI is InChI=1S/C14H23N3O4/c1-17-13(19)3-2-11(14(17)20)16-12(18)6-9-21-10-4-7-15-8-5-10/h10-11,15H,2-9H2,1H3,(H,16,18). The van der Waals surface area contributed by atoms with Crippen molar-refractivity contribution in [1.29, 1.82) is 0 Å². The van der Waals surface area contributed by atoms with E-state index < -0.39 is 6.04 Å². The molecule has 0 spiro atoms. The molecule has 1 atom stereocenters. The van der Waals surface area contributed by atoms with Gasteiger partial charge in [-0.3, -0.25) is 19.3 Å². The van der Waals surface area contributed by atoms with Crippen molar-refractivity contribution >= 4 is 17.7 Å². The molecule has 2 heterocycles. The predicted molar refractivity (Wildman–Crippen MR) is 75.4 cm³/mol. The van der Waals surface area contributed by atoms with Gasteiger partial charge in [-0.05, 0) is 32.4 Å². The Balaban J connectivity index is 1.67. The average Bonchev–Trinajstić information content (AvgIpc) is 2.49. The van der Waals surface area contributed by atoms with E-state index in [1.54, 1.807) is 0 Å². The molecule has 3 amide bonds. The second-order valence-electron chi connectivity index (χ2n) is 5.52. The van der Waals surface area contributed by atoms with Crippen LogP contribution in [0.2, 0.25) is 0 Å². The van der Waals surface area contributed by atoms with E-state index in [4.69, 9.17) is 4.74 Å². The van der Waals surface area contributed by atoms with Gasteiger partial charge in [0.2, 0.25) is 11.8 Å². The number of amides is 3. The molecule has 0 bridgehead atoms. The number of ether oxygens (including phenoxy) is 1. The van der Waals surface area contributed by atoms with E-state index >= 15 is 0 Å². The Morgan fingerprint density at radius 2 is 2.05 bits per heavy atom. The SMILES string of the molecule is CN1C(=O)CCC(NC(=O)CCOC2CCNCC2)C1=O. The number of hydrogen-bond donors (Lipinski definition) is 2. The maximum absolute atomic E-state index is 11.8. The molecule has 2 aliphatic heterocycles. The van der Waals surface area contributed by atoms with Gasteiger partial charge in [0.25, 0.3) is 5.91 Å². The van der Waals surface area contributed by atoms with Gasteiger partial charge in [-0.15, -0.1) is 0 Å². The van der Waals surface area contributed by atoms with Gasteiger partial charge in [-0.2, -0.15) is 0 Å². The zero-order valence-corrected chi connectivity index (χ0v) is 12.4. The molecule has 0 aromatic carbocycles. The smallest absolute Gasteiger partial charge is 0.251 e. The Morgan fingerprint density at radius 3 is 2.76 bits per heavy atom. The van der Waals surface area contributed by atoms with Crippen LogP contribution in [0.4, 0.5) is 0 Å². The van der Waals surface area contributed by atoms with Crippen LogP contribution in [0.5, 0.6) is 0 Å². The minimum absolute atomic E-state index is 0.195. The lowest BCUT2D eigenvalue weighted by Gasteiger charge is -2.28. The van der Waals surface area contributed by atoms with E-state index in [1.165, 1.54) is 7.05 Å². The zero-order valence-electron chi connectivity index (χ0n) is 12.4. The molecule has 118 valence electrons. The molecule has 0 aromatic rings. The first-order valence-corrected chi connectivity index (χ1v) is 7.50. The highest BCUT2D eigenvalue weighted by Crippen LogP contribution is 2.12. The fourth-order valence-electron chi connectivity index (χ4n) is 2.60. The van der Waals surface area contributed by atoms with Crippen LogP contribution in [0.1, 0.15) is 32.1 Å². The summed E-state index contributed by atoms with van der Waals surface area (Å²) in [5, 5.41) is 5.93. The number of carbonyl (C=O) groups excluding carboxylic acids is 3. The maximum Gasteiger partial charge on any atom is 0.251 e. The molecule has 0 saturated carbocycles. The molecule has 21 heavy (non-hydrogen) atoms. The molecular weight excluding hydrogens is 274 g/mol. The highest BCUT2D eigenvalue weighted by Gasteiger charge is 2.32. The molecule has 0 radical (unpaired) electrons. The van der Waals surface area contributed by atoms with Crippen LogP contribution >= 0.6 is 0 Å². The number of likely N-dealkylation sites (N-methyl/N-ethyl adjacent to an activating group) is 1. The zero-order chi connectivity index (χ0) is 15.2. The van der Waals surface area contributed by atoms with Crippen molar-refractivity contribution in [2.75, 3.05) is 26.7 Å². The van der Waals surface area contributed by atoms with Crippen molar-refractivity contribution in [3.63, 3.8) is 0 Å². The first-order chi connectivity index (χ1) is 10.1. The van der Waals surface area contributed by atoms with Crippen molar-refractivity contribution < 1.29 is 19.1 Å². The lowest BCUT2D eigenvalue weighted by molar-refractivity contribution is -0.149. The first-order valence-electron chi connectivity index (χ1n) is 7.50. The van der Waals surface area contributed by atoms with Crippen molar-refractivity contribution in [1.82, 2.24) is 15.5 Å². The molecule has 0 aliphatic carbocycles. The van der Waals surface area contributed by atoms with Crippen LogP contribution in [0, 0.1) is 0 Å². The van der Waals surface area contributed by atoms with Gasteiger partial charge >= 0.3 is 0 Å². The minimum Gasteiger partial charge on any atom is -0.378 e. The van der Waals surface area contributed by atoms with Crippen molar-refractivity contribution in [2.45, 2.75) is 44.2 Å². The molecular formula is C14H23N3O4. The average molecular weight is 297 g/mol. The summed E-state index contributed by atoms with van der Waals surface area (Å²) < 4.78 is 5.66. The van der Waals surface area contributed by atoms with E-state index in [-0.39, 0.29) is 30.2 Å². The Morgan fingerprint density at radius 1 is 1.33 bits per heavy atom. The predicted octanol–water partition coefficient (Wildman–Crippen LogP) is -0.591. The maximum atomic E-state index is 11.8. The summed E-state index contributed by atoms with van der Waals surface area (Å²) in [6.07, 6.45) is 3.07. The quantitative estimate of drug-likeness (QED) is 0.662. The van der Waals surface area contributed by atoms with Gasteiger partial charge in [-0.1, -0.05) is 0 Å². The molecule has 0 aromatic heterocycles. The summed E-state index contributed by atoms with van der Waals surface area (Å²) in [5.41, 5.74) is 0. The summed E-state index contributed by atoms with van der Waals surface area (Å²) in [6.45, 7) is 2.27. The number of hydrogen-bond acceptors (Lipinski definition) is 5. The normalized spacial score (nSPS) is 24.2. The van der Waals surface area contributed by atoms with Crippen LogP contribution in [0.15, 0.2) is 0 Å². The molecule has 2 rings (SSSR count). The van der Waals surface area contributed by atoms with Crippen LogP contribution in [0.3, 0.4) is 0 Å². The number of imide groups is 1. The van der Waals surface area contributed by atoms with Crippen molar-refractivity contribution in [3.05, 3.63) is 0 Å². The lowest BCUT2D eigenvalue weighted by atomic mass is 10.0. The summed E-state index contributed by atoms with van der Waals surface area (Å²) in [4.78, 5) is 36.1.